The van der Waals surface area contributed by atoms with Gasteiger partial charge in [0.2, 0.25) is 0 Å². The molecule has 0 spiro atoms. The van der Waals surface area contributed by atoms with Crippen molar-refractivity contribution in [1.82, 2.24) is 0 Å². The van der Waals surface area contributed by atoms with Gasteiger partial charge in [-0.25, -0.2) is 0 Å². The van der Waals surface area contributed by atoms with E-state index in [1.54, 1.807) is 0 Å². The zero-order valence-electron chi connectivity index (χ0n) is 2.96. The Morgan fingerprint density at radius 1 is 1.50 bits per heavy atom. The number of carbonyl (C=O) groups excluding carboxylic acids is 1. The van der Waals surface area contributed by atoms with Gasteiger partial charge in [-0.05, 0) is 0 Å². The summed E-state index contributed by atoms with van der Waals surface area (Å²) in [6, 6.07) is 0. The van der Waals surface area contributed by atoms with Crippen LogP contribution in [0.25, 0.3) is 0 Å². The van der Waals surface area contributed by atoms with Crippen LogP contribution >= 0.6 is 0 Å². The van der Waals surface area contributed by atoms with Gasteiger partial charge in [0, 0.05) is 17.4 Å². The van der Waals surface area contributed by atoms with Gasteiger partial charge < -0.3 is 9.90 Å². The molecule has 0 heterocycles. The Morgan fingerprint density at radius 2 is 1.50 bits per heavy atom. The zero-order chi connectivity index (χ0) is 4.71. The van der Waals surface area contributed by atoms with Gasteiger partial charge in [-0.3, -0.25) is 4.79 Å². The molecule has 6 heavy (non-hydrogen) atoms. The molecule has 0 fully saturated rings. The first kappa shape index (κ1) is 17.3. The molecule has 0 saturated heterocycles. The van der Waals surface area contributed by atoms with E-state index >= 15 is 0 Å². The molecule has 0 rings (SSSR count). The molecule has 0 amide bonds. The van der Waals surface area contributed by atoms with Crippen LogP contribution in [-0.2, 0) is 27.0 Å². The van der Waals surface area contributed by atoms with E-state index in [4.69, 9.17) is 14.7 Å². The molecule has 0 aromatic rings. The van der Waals surface area contributed by atoms with Gasteiger partial charge in [0.05, 0.1) is 0 Å². The number of carboxylic acid groups (broad SMARTS) is 1. The molecular formula is C2H4CrO3. The van der Waals surface area contributed by atoms with Crippen molar-refractivity contribution >= 4 is 13.3 Å². The molecule has 0 aliphatic heterocycles. The third-order valence-electron chi connectivity index (χ3n) is 0. The van der Waals surface area contributed by atoms with Gasteiger partial charge >= 0.3 is 0 Å². The Morgan fingerprint density at radius 3 is 1.50 bits per heavy atom. The molecule has 4 heteroatoms. The van der Waals surface area contributed by atoms with Crippen LogP contribution in [0.3, 0.4) is 0 Å². The molecule has 0 unspecified atom stereocenters. The smallest absolute Gasteiger partial charge is 0.290 e. The van der Waals surface area contributed by atoms with E-state index in [-0.39, 0.29) is 23.8 Å². The molecule has 0 aromatic carbocycles. The first-order valence-electron chi connectivity index (χ1n) is 0.783. The predicted octanol–water partition coefficient (Wildman–Crippen LogP) is -0.487. The van der Waals surface area contributed by atoms with Crippen molar-refractivity contribution in [2.75, 3.05) is 0 Å². The van der Waals surface area contributed by atoms with Gasteiger partial charge in [-0.1, -0.05) is 0 Å². The summed E-state index contributed by atoms with van der Waals surface area (Å²) in [6.45, 7) is 1.75. The molecule has 3 nitrogen and oxygen atoms in total. The summed E-state index contributed by atoms with van der Waals surface area (Å²) in [5.74, 6) is 0. The van der Waals surface area contributed by atoms with E-state index in [0.29, 0.717) is 0 Å². The fraction of sp³-hybridized carbons (Fsp3) is 0. The molecule has 0 aliphatic rings. The third-order valence-corrected chi connectivity index (χ3v) is 0. The second-order valence-corrected chi connectivity index (χ2v) is 0.105. The minimum Gasteiger partial charge on any atom is -0.483 e. The topological polar surface area (TPSA) is 54.4 Å². The summed E-state index contributed by atoms with van der Waals surface area (Å²) in [5, 5.41) is 6.89. The van der Waals surface area contributed by atoms with Crippen LogP contribution in [0.15, 0.2) is 0 Å². The van der Waals surface area contributed by atoms with Crippen LogP contribution in [0.1, 0.15) is 0 Å². The predicted molar refractivity (Wildman–Crippen MR) is 15.8 cm³/mol. The summed E-state index contributed by atoms with van der Waals surface area (Å²) in [7, 11) is 0. The third kappa shape index (κ3) is 244. The van der Waals surface area contributed by atoms with Crippen molar-refractivity contribution in [1.29, 1.82) is 0 Å². The number of hydrogen-bond acceptors (Lipinski definition) is 2. The van der Waals surface area contributed by atoms with Crippen LogP contribution < -0.4 is 0 Å². The molecular weight excluding hydrogens is 124 g/mol. The first-order chi connectivity index (χ1) is 2.41. The van der Waals surface area contributed by atoms with Gasteiger partial charge in [0.1, 0.15) is 6.79 Å². The number of carbonyl (C=O) groups is 2. The number of hydrogen-bond donors (Lipinski definition) is 1. The van der Waals surface area contributed by atoms with Crippen LogP contribution in [0, 0.1) is 0 Å². The van der Waals surface area contributed by atoms with Crippen LogP contribution in [0.4, 0.5) is 0 Å². The fourth-order valence-electron chi connectivity index (χ4n) is 0. The van der Waals surface area contributed by atoms with Crippen molar-refractivity contribution in [2.24, 2.45) is 0 Å². The van der Waals surface area contributed by atoms with E-state index in [9.17, 15) is 0 Å². The Balaban J connectivity index is -0.0000000275. The average Bonchev–Trinajstić information content (AvgIpc) is 1.46. The van der Waals surface area contributed by atoms with Crippen LogP contribution in [0.5, 0.6) is 0 Å². The Kier molecular flexibility index (Phi) is 403. The SMILES string of the molecule is C=O.O=CO.[Cr]. The maximum Gasteiger partial charge on any atom is 0.290 e. The van der Waals surface area contributed by atoms with E-state index < -0.39 is 0 Å². The van der Waals surface area contributed by atoms with Gasteiger partial charge in [-0.15, -0.1) is 0 Å². The quantitative estimate of drug-likeness (QED) is 0.448. The first-order valence-corrected chi connectivity index (χ1v) is 0.783. The Labute approximate surface area is 46.1 Å². The van der Waals surface area contributed by atoms with Crippen molar-refractivity contribution in [3.63, 3.8) is 0 Å². The van der Waals surface area contributed by atoms with Gasteiger partial charge in [0.15, 0.2) is 0 Å². The molecule has 1 N–H and O–H groups in total. The maximum atomic E-state index is 8.36. The van der Waals surface area contributed by atoms with Crippen LogP contribution in [0.2, 0.25) is 0 Å². The zero-order valence-corrected chi connectivity index (χ0v) is 4.23. The molecule has 0 aromatic heterocycles. The van der Waals surface area contributed by atoms with Crippen molar-refractivity contribution in [2.45, 2.75) is 0 Å². The van der Waals surface area contributed by atoms with Crippen molar-refractivity contribution < 1.29 is 32.1 Å². The largest absolute Gasteiger partial charge is 0.483 e. The summed E-state index contributed by atoms with van der Waals surface area (Å²) >= 11 is 0. The van der Waals surface area contributed by atoms with E-state index in [1.807, 2.05) is 6.79 Å². The molecule has 0 radical (unpaired) electrons. The normalized spacial score (nSPS) is 2.67. The molecule has 36 valence electrons. The van der Waals surface area contributed by atoms with Crippen molar-refractivity contribution in [3.05, 3.63) is 0 Å². The molecule has 0 aliphatic carbocycles. The Bertz CT molecular complexity index is 22.8. The molecule has 0 bridgehead atoms. The van der Waals surface area contributed by atoms with Gasteiger partial charge in [-0.2, -0.15) is 0 Å². The standard InChI is InChI=1S/CH2O2.CH2O.Cr/c2-1-3;1-2;/h1H,(H,2,3);1H2;. The maximum absolute atomic E-state index is 8.36. The van der Waals surface area contributed by atoms with Crippen LogP contribution in [-0.4, -0.2) is 18.4 Å². The fourth-order valence-corrected chi connectivity index (χ4v) is 0. The van der Waals surface area contributed by atoms with E-state index in [2.05, 4.69) is 0 Å². The Hall–Kier alpha value is -0.328. The summed E-state index contributed by atoms with van der Waals surface area (Å²) in [6.07, 6.45) is 0. The minimum atomic E-state index is -0.250. The average molecular weight is 128 g/mol. The summed E-state index contributed by atoms with van der Waals surface area (Å²) < 4.78 is 0. The number of rotatable bonds is 0. The molecule has 0 atom stereocenters. The minimum absolute atomic E-state index is 0. The molecule has 0 saturated carbocycles. The van der Waals surface area contributed by atoms with E-state index in [1.165, 1.54) is 0 Å². The monoisotopic (exact) mass is 128 g/mol. The summed E-state index contributed by atoms with van der Waals surface area (Å²) in [5.41, 5.74) is 0. The summed E-state index contributed by atoms with van der Waals surface area (Å²) in [4.78, 5) is 16.4. The van der Waals surface area contributed by atoms with Gasteiger partial charge in [0.25, 0.3) is 6.47 Å². The second-order valence-electron chi connectivity index (χ2n) is 0.105. The second kappa shape index (κ2) is 139. The van der Waals surface area contributed by atoms with E-state index in [0.717, 1.165) is 0 Å². The van der Waals surface area contributed by atoms with Crippen molar-refractivity contribution in [3.8, 4) is 0 Å².